The number of likely N-dealkylation sites (tertiary alicyclic amines) is 1. The molecular formula is C27H41N3O4S. The van der Waals surface area contributed by atoms with Crippen LogP contribution in [0.5, 0.6) is 0 Å². The number of likely N-dealkylation sites (N-methyl/N-ethyl adjacent to an activating group) is 1. The van der Waals surface area contributed by atoms with E-state index in [1.54, 1.807) is 40.8 Å². The van der Waals surface area contributed by atoms with Crippen molar-refractivity contribution in [2.45, 2.75) is 79.9 Å². The van der Waals surface area contributed by atoms with E-state index < -0.39 is 22.6 Å². The maximum atomic E-state index is 14.4. The fraction of sp³-hybridized carbons (Fsp3) is 0.741. The maximum absolute atomic E-state index is 14.4. The van der Waals surface area contributed by atoms with E-state index >= 15 is 0 Å². The Morgan fingerprint density at radius 1 is 1.11 bits per heavy atom. The summed E-state index contributed by atoms with van der Waals surface area (Å²) in [6.45, 7) is 9.10. The van der Waals surface area contributed by atoms with Crippen LogP contribution in [0.1, 0.15) is 57.8 Å². The second-order valence-corrected chi connectivity index (χ2v) is 12.2. The molecule has 7 nitrogen and oxygen atoms in total. The van der Waals surface area contributed by atoms with E-state index in [0.29, 0.717) is 32.5 Å². The zero-order chi connectivity index (χ0) is 25.2. The third-order valence-corrected chi connectivity index (χ3v) is 10.5. The highest BCUT2D eigenvalue weighted by atomic mass is 32.2. The van der Waals surface area contributed by atoms with Gasteiger partial charge in [-0.2, -0.15) is 0 Å². The third-order valence-electron chi connectivity index (χ3n) is 8.53. The van der Waals surface area contributed by atoms with E-state index in [0.717, 1.165) is 38.5 Å². The van der Waals surface area contributed by atoms with Gasteiger partial charge < -0.3 is 19.8 Å². The Bertz CT molecular complexity index is 844. The second-order valence-electron chi connectivity index (χ2n) is 10.6. The zero-order valence-corrected chi connectivity index (χ0v) is 21.9. The lowest BCUT2D eigenvalue weighted by Gasteiger charge is -2.41. The Morgan fingerprint density at radius 2 is 1.83 bits per heavy atom. The van der Waals surface area contributed by atoms with Crippen LogP contribution in [0.15, 0.2) is 25.3 Å². The maximum Gasteiger partial charge on any atom is 0.247 e. The summed E-state index contributed by atoms with van der Waals surface area (Å²) in [5.41, 5.74) is 0. The normalized spacial score (nSPS) is 31.9. The molecule has 2 bridgehead atoms. The molecule has 3 aliphatic heterocycles. The molecule has 1 aliphatic carbocycles. The van der Waals surface area contributed by atoms with Gasteiger partial charge in [-0.15, -0.1) is 24.9 Å². The van der Waals surface area contributed by atoms with Crippen molar-refractivity contribution in [2.75, 3.05) is 33.3 Å². The fourth-order valence-corrected chi connectivity index (χ4v) is 9.20. The highest BCUT2D eigenvalue weighted by molar-refractivity contribution is 8.02. The van der Waals surface area contributed by atoms with Crippen LogP contribution in [-0.4, -0.2) is 92.9 Å². The van der Waals surface area contributed by atoms with Gasteiger partial charge in [0.05, 0.1) is 16.6 Å². The van der Waals surface area contributed by atoms with Crippen LogP contribution in [0.25, 0.3) is 0 Å². The molecule has 4 aliphatic rings. The predicted octanol–water partition coefficient (Wildman–Crippen LogP) is 2.84. The first-order chi connectivity index (χ1) is 16.9. The lowest BCUT2D eigenvalue weighted by atomic mass is 9.70. The van der Waals surface area contributed by atoms with Crippen molar-refractivity contribution in [1.82, 2.24) is 14.7 Å². The van der Waals surface area contributed by atoms with Crippen LogP contribution < -0.4 is 0 Å². The van der Waals surface area contributed by atoms with Crippen LogP contribution in [0.2, 0.25) is 0 Å². The van der Waals surface area contributed by atoms with Gasteiger partial charge in [0.1, 0.15) is 6.04 Å². The van der Waals surface area contributed by atoms with Crippen molar-refractivity contribution in [3.05, 3.63) is 25.3 Å². The van der Waals surface area contributed by atoms with E-state index in [1.165, 1.54) is 6.42 Å². The number of rotatable bonds is 11. The first-order valence-electron chi connectivity index (χ1n) is 13.3. The number of carbonyl (C=O) groups is 3. The van der Waals surface area contributed by atoms with Gasteiger partial charge in [-0.25, -0.2) is 0 Å². The van der Waals surface area contributed by atoms with Crippen molar-refractivity contribution in [3.63, 3.8) is 0 Å². The van der Waals surface area contributed by atoms with E-state index in [4.69, 9.17) is 0 Å². The molecule has 1 N–H and O–H groups in total. The van der Waals surface area contributed by atoms with Crippen molar-refractivity contribution in [2.24, 2.45) is 11.8 Å². The number of amides is 3. The molecular weight excluding hydrogens is 462 g/mol. The molecule has 0 radical (unpaired) electrons. The van der Waals surface area contributed by atoms with Crippen molar-refractivity contribution >= 4 is 29.5 Å². The Kier molecular flexibility index (Phi) is 8.31. The average Bonchev–Trinajstić information content (AvgIpc) is 3.50. The van der Waals surface area contributed by atoms with Crippen molar-refractivity contribution in [3.8, 4) is 0 Å². The highest BCUT2D eigenvalue weighted by Gasteiger charge is 2.74. The average molecular weight is 504 g/mol. The molecule has 0 aromatic rings. The van der Waals surface area contributed by atoms with Gasteiger partial charge in [-0.05, 0) is 38.5 Å². The Hall–Kier alpha value is -1.80. The summed E-state index contributed by atoms with van der Waals surface area (Å²) in [5.74, 6) is -0.903. The Balaban J connectivity index is 1.69. The lowest BCUT2D eigenvalue weighted by molar-refractivity contribution is -0.145. The summed E-state index contributed by atoms with van der Waals surface area (Å²) >= 11 is 1.73. The van der Waals surface area contributed by atoms with Gasteiger partial charge in [0.15, 0.2) is 0 Å². The number of thioether (sulfide) groups is 1. The topological polar surface area (TPSA) is 81.2 Å². The van der Waals surface area contributed by atoms with Gasteiger partial charge in [0.25, 0.3) is 0 Å². The smallest absolute Gasteiger partial charge is 0.247 e. The first-order valence-corrected chi connectivity index (χ1v) is 14.2. The van der Waals surface area contributed by atoms with Gasteiger partial charge in [0, 0.05) is 44.6 Å². The molecule has 35 heavy (non-hydrogen) atoms. The van der Waals surface area contributed by atoms with Crippen LogP contribution in [-0.2, 0) is 14.4 Å². The van der Waals surface area contributed by atoms with Gasteiger partial charge in [-0.1, -0.05) is 31.4 Å². The highest BCUT2D eigenvalue weighted by Crippen LogP contribution is 2.66. The van der Waals surface area contributed by atoms with Crippen LogP contribution >= 0.6 is 11.8 Å². The molecule has 5 atom stereocenters. The molecule has 3 heterocycles. The van der Waals surface area contributed by atoms with Crippen LogP contribution in [0.4, 0.5) is 0 Å². The number of hydrogen-bond donors (Lipinski definition) is 1. The molecule has 4 rings (SSSR count). The fourth-order valence-electron chi connectivity index (χ4n) is 6.99. The number of nitrogens with zero attached hydrogens (tertiary/aromatic N) is 3. The first kappa shape index (κ1) is 26.3. The van der Waals surface area contributed by atoms with E-state index in [2.05, 4.69) is 13.2 Å². The molecule has 8 heteroatoms. The minimum Gasteiger partial charge on any atom is -0.396 e. The summed E-state index contributed by atoms with van der Waals surface area (Å²) in [6.07, 6.45) is 11.8. The molecule has 0 aromatic carbocycles. The quantitative estimate of drug-likeness (QED) is 0.346. The monoisotopic (exact) mass is 503 g/mol. The molecule has 1 spiro atoms. The van der Waals surface area contributed by atoms with Crippen LogP contribution in [0, 0.1) is 11.8 Å². The standard InChI is InChI=1S/C27H41N3O4S/c1-4-15-28(3)24(32)21-20-13-14-27(35-20)22(21)25(33)30(17-9-10-18-31)23(27)26(34)29(16-5-2)19-11-7-6-8-12-19/h4-5,19-23,31H,1-2,6-18H2,3H3/t20-,21+,22-,23?,27?/m0/s1. The number of hydrogen-bond acceptors (Lipinski definition) is 5. The van der Waals surface area contributed by atoms with E-state index in [-0.39, 0.29) is 35.6 Å². The van der Waals surface area contributed by atoms with E-state index in [9.17, 15) is 19.5 Å². The lowest BCUT2D eigenvalue weighted by Crippen LogP contribution is -2.57. The minimum atomic E-state index is -0.557. The Labute approximate surface area is 214 Å². The molecule has 3 amide bonds. The van der Waals surface area contributed by atoms with E-state index in [1.807, 2.05) is 4.90 Å². The molecule has 0 aromatic heterocycles. The summed E-state index contributed by atoms with van der Waals surface area (Å²) < 4.78 is -0.554. The summed E-state index contributed by atoms with van der Waals surface area (Å²) in [4.78, 5) is 47.3. The minimum absolute atomic E-state index is 0.0130. The molecule has 3 saturated heterocycles. The number of carbonyl (C=O) groups excluding carboxylic acids is 3. The van der Waals surface area contributed by atoms with Gasteiger partial charge in [0.2, 0.25) is 17.7 Å². The predicted molar refractivity (Wildman–Crippen MR) is 139 cm³/mol. The second kappa shape index (κ2) is 11.1. The largest absolute Gasteiger partial charge is 0.396 e. The molecule has 4 fully saturated rings. The number of aliphatic hydroxyl groups is 1. The number of fused-ring (bicyclic) bond motifs is 1. The number of unbranched alkanes of at least 4 members (excludes halogenated alkanes) is 1. The molecule has 2 unspecified atom stereocenters. The van der Waals surface area contributed by atoms with Crippen LogP contribution in [0.3, 0.4) is 0 Å². The van der Waals surface area contributed by atoms with Gasteiger partial charge in [-0.3, -0.25) is 14.4 Å². The number of aliphatic hydroxyl groups excluding tert-OH is 1. The third kappa shape index (κ3) is 4.57. The summed E-state index contributed by atoms with van der Waals surface area (Å²) in [5, 5.41) is 9.42. The molecule has 194 valence electrons. The van der Waals surface area contributed by atoms with Crippen molar-refractivity contribution < 1.29 is 19.5 Å². The summed E-state index contributed by atoms with van der Waals surface area (Å²) in [6, 6.07) is -0.378. The Morgan fingerprint density at radius 3 is 2.49 bits per heavy atom. The van der Waals surface area contributed by atoms with Crippen molar-refractivity contribution in [1.29, 1.82) is 0 Å². The van der Waals surface area contributed by atoms with Gasteiger partial charge >= 0.3 is 0 Å². The zero-order valence-electron chi connectivity index (χ0n) is 21.1. The molecule has 1 saturated carbocycles. The SMILES string of the molecule is C=CCN(C)C(=O)[C@@H]1[C@@H]2CCC3(S2)C(C(=O)N(CC=C)C2CCCCC2)N(CCCCO)C(=O)[C@H]13. The summed E-state index contributed by atoms with van der Waals surface area (Å²) in [7, 11) is 1.77.